The molecule has 142 valence electrons. The van der Waals surface area contributed by atoms with Gasteiger partial charge >= 0.3 is 6.09 Å². The normalized spacial score (nSPS) is 24.8. The Balaban J connectivity index is 1.44. The number of ether oxygens (including phenoxy) is 2. The van der Waals surface area contributed by atoms with Gasteiger partial charge in [0.05, 0.1) is 6.61 Å². The highest BCUT2D eigenvalue weighted by Gasteiger charge is 2.42. The summed E-state index contributed by atoms with van der Waals surface area (Å²) in [5.41, 5.74) is 0.566. The molecule has 2 N–H and O–H groups in total. The summed E-state index contributed by atoms with van der Waals surface area (Å²) in [7, 11) is 0. The van der Waals surface area contributed by atoms with Gasteiger partial charge in [-0.15, -0.1) is 0 Å². The summed E-state index contributed by atoms with van der Waals surface area (Å²) in [5, 5.41) is 5.70. The Hall–Kier alpha value is -2.24. The average molecular weight is 360 g/mol. The fourth-order valence-electron chi connectivity index (χ4n) is 4.41. The zero-order valence-corrected chi connectivity index (χ0v) is 15.5. The van der Waals surface area contributed by atoms with Crippen molar-refractivity contribution in [2.24, 2.45) is 17.8 Å². The minimum absolute atomic E-state index is 0.0337. The average Bonchev–Trinajstić information content (AvgIpc) is 3.24. The highest BCUT2D eigenvalue weighted by Crippen LogP contribution is 2.49. The van der Waals surface area contributed by atoms with Crippen molar-refractivity contribution >= 4 is 17.7 Å². The minimum atomic E-state index is -0.512. The highest BCUT2D eigenvalue weighted by atomic mass is 16.5. The minimum Gasteiger partial charge on any atom is -0.484 e. The van der Waals surface area contributed by atoms with E-state index in [1.54, 1.807) is 31.2 Å². The van der Waals surface area contributed by atoms with Gasteiger partial charge in [0.15, 0.2) is 6.61 Å². The van der Waals surface area contributed by atoms with Crippen LogP contribution in [-0.2, 0) is 9.53 Å². The van der Waals surface area contributed by atoms with Crippen molar-refractivity contribution in [1.29, 1.82) is 0 Å². The molecule has 3 rings (SSSR count). The van der Waals surface area contributed by atoms with Gasteiger partial charge in [-0.2, -0.15) is 0 Å². The summed E-state index contributed by atoms with van der Waals surface area (Å²) in [5.74, 6) is 2.68. The smallest absolute Gasteiger partial charge is 0.411 e. The van der Waals surface area contributed by atoms with Crippen LogP contribution in [-0.4, -0.2) is 31.3 Å². The molecule has 2 saturated carbocycles. The van der Waals surface area contributed by atoms with E-state index in [-0.39, 0.29) is 18.6 Å². The zero-order chi connectivity index (χ0) is 18.5. The third kappa shape index (κ3) is 4.68. The predicted molar refractivity (Wildman–Crippen MR) is 99.1 cm³/mol. The Morgan fingerprint density at radius 1 is 1.27 bits per heavy atom. The lowest BCUT2D eigenvalue weighted by atomic mass is 9.84. The second-order valence-electron chi connectivity index (χ2n) is 7.36. The summed E-state index contributed by atoms with van der Waals surface area (Å²) in [6.07, 6.45) is 4.74. The van der Waals surface area contributed by atoms with E-state index >= 15 is 0 Å². The molecule has 1 aromatic rings. The first kappa shape index (κ1) is 18.5. The van der Waals surface area contributed by atoms with E-state index in [0.717, 1.165) is 11.8 Å². The molecule has 2 amide bonds. The fraction of sp³-hybridized carbons (Fsp3) is 0.600. The maximum atomic E-state index is 12.2. The van der Waals surface area contributed by atoms with E-state index < -0.39 is 6.09 Å². The number of hydrogen-bond donors (Lipinski definition) is 2. The number of rotatable bonds is 7. The molecule has 0 unspecified atom stereocenters. The fourth-order valence-corrected chi connectivity index (χ4v) is 4.41. The Morgan fingerprint density at radius 2 is 2.12 bits per heavy atom. The van der Waals surface area contributed by atoms with Crippen LogP contribution in [0, 0.1) is 17.8 Å². The highest BCUT2D eigenvalue weighted by molar-refractivity contribution is 5.84. The molecular weight excluding hydrogens is 332 g/mol. The summed E-state index contributed by atoms with van der Waals surface area (Å²) in [6.45, 7) is 4.12. The summed E-state index contributed by atoms with van der Waals surface area (Å²) in [4.78, 5) is 23.7. The maximum Gasteiger partial charge on any atom is 0.411 e. The Morgan fingerprint density at radius 3 is 2.81 bits per heavy atom. The lowest BCUT2D eigenvalue weighted by Crippen LogP contribution is -2.42. The number of carbonyl (C=O) groups excluding carboxylic acids is 2. The van der Waals surface area contributed by atoms with Crippen molar-refractivity contribution in [3.05, 3.63) is 24.3 Å². The summed E-state index contributed by atoms with van der Waals surface area (Å²) >= 11 is 0. The van der Waals surface area contributed by atoms with Gasteiger partial charge in [-0.25, -0.2) is 4.79 Å². The summed E-state index contributed by atoms with van der Waals surface area (Å²) in [6, 6.07) is 7.11. The van der Waals surface area contributed by atoms with E-state index in [1.165, 1.54) is 25.7 Å². The van der Waals surface area contributed by atoms with Crippen LogP contribution in [0.1, 0.15) is 39.5 Å². The predicted octanol–water partition coefficient (Wildman–Crippen LogP) is 3.57. The van der Waals surface area contributed by atoms with Crippen LogP contribution in [0.5, 0.6) is 5.75 Å². The van der Waals surface area contributed by atoms with Gasteiger partial charge in [0.1, 0.15) is 5.75 Å². The van der Waals surface area contributed by atoms with Gasteiger partial charge in [-0.1, -0.05) is 12.5 Å². The number of fused-ring (bicyclic) bond motifs is 2. The number of nitrogens with one attached hydrogen (secondary N) is 2. The molecule has 0 radical (unpaired) electrons. The molecule has 2 bridgehead atoms. The van der Waals surface area contributed by atoms with Crippen LogP contribution >= 0.6 is 0 Å². The third-order valence-electron chi connectivity index (χ3n) is 5.55. The molecule has 26 heavy (non-hydrogen) atoms. The quantitative estimate of drug-likeness (QED) is 0.779. The first-order valence-corrected chi connectivity index (χ1v) is 9.51. The van der Waals surface area contributed by atoms with Crippen molar-refractivity contribution in [1.82, 2.24) is 5.32 Å². The molecule has 0 heterocycles. The number of carbonyl (C=O) groups is 2. The first-order valence-electron chi connectivity index (χ1n) is 9.51. The van der Waals surface area contributed by atoms with Gasteiger partial charge in [-0.05, 0) is 63.0 Å². The number of anilines is 1. The molecule has 6 heteroatoms. The van der Waals surface area contributed by atoms with Crippen molar-refractivity contribution in [2.75, 3.05) is 18.5 Å². The molecule has 2 aliphatic rings. The molecule has 0 saturated heterocycles. The van der Waals surface area contributed by atoms with Crippen molar-refractivity contribution < 1.29 is 19.1 Å². The monoisotopic (exact) mass is 360 g/mol. The maximum absolute atomic E-state index is 12.2. The van der Waals surface area contributed by atoms with Crippen LogP contribution in [0.3, 0.4) is 0 Å². The molecule has 2 aliphatic carbocycles. The lowest BCUT2D eigenvalue weighted by molar-refractivity contribution is -0.124. The Kier molecular flexibility index (Phi) is 6.01. The number of benzene rings is 1. The second-order valence-corrected chi connectivity index (χ2v) is 7.36. The molecule has 4 atom stereocenters. The van der Waals surface area contributed by atoms with E-state index in [2.05, 4.69) is 17.6 Å². The Bertz CT molecular complexity index is 648. The SMILES string of the molecule is CCOC(=O)Nc1cccc(OCC(=O)N[C@H](C)[C@H]2C[C@H]3CC[C@H]2C3)c1. The second kappa shape index (κ2) is 8.43. The van der Waals surface area contributed by atoms with Crippen LogP contribution < -0.4 is 15.4 Å². The van der Waals surface area contributed by atoms with Gasteiger partial charge in [0.25, 0.3) is 5.91 Å². The topological polar surface area (TPSA) is 76.7 Å². The van der Waals surface area contributed by atoms with Crippen LogP contribution in [0.25, 0.3) is 0 Å². The molecule has 2 fully saturated rings. The van der Waals surface area contributed by atoms with E-state index in [1.807, 2.05) is 0 Å². The van der Waals surface area contributed by atoms with Gasteiger partial charge in [0.2, 0.25) is 0 Å². The van der Waals surface area contributed by atoms with Gasteiger partial charge in [0, 0.05) is 17.8 Å². The molecule has 0 aromatic heterocycles. The van der Waals surface area contributed by atoms with Gasteiger partial charge in [-0.3, -0.25) is 10.1 Å². The van der Waals surface area contributed by atoms with Crippen LogP contribution in [0.15, 0.2) is 24.3 Å². The Labute approximate surface area is 154 Å². The van der Waals surface area contributed by atoms with Crippen molar-refractivity contribution in [3.63, 3.8) is 0 Å². The van der Waals surface area contributed by atoms with Crippen LogP contribution in [0.2, 0.25) is 0 Å². The van der Waals surface area contributed by atoms with E-state index in [4.69, 9.17) is 9.47 Å². The van der Waals surface area contributed by atoms with E-state index in [0.29, 0.717) is 24.0 Å². The third-order valence-corrected chi connectivity index (χ3v) is 5.55. The van der Waals surface area contributed by atoms with Crippen molar-refractivity contribution in [2.45, 2.75) is 45.6 Å². The van der Waals surface area contributed by atoms with E-state index in [9.17, 15) is 9.59 Å². The van der Waals surface area contributed by atoms with Crippen molar-refractivity contribution in [3.8, 4) is 5.75 Å². The number of hydrogen-bond acceptors (Lipinski definition) is 4. The first-order chi connectivity index (χ1) is 12.5. The molecule has 0 aliphatic heterocycles. The number of amides is 2. The zero-order valence-electron chi connectivity index (χ0n) is 15.5. The molecule has 1 aromatic carbocycles. The van der Waals surface area contributed by atoms with Crippen LogP contribution in [0.4, 0.5) is 10.5 Å². The molecule has 0 spiro atoms. The largest absolute Gasteiger partial charge is 0.484 e. The lowest BCUT2D eigenvalue weighted by Gasteiger charge is -2.28. The molecular formula is C20H28N2O4. The standard InChI is InChI=1S/C20H28N2O4/c1-3-25-20(24)22-16-5-4-6-17(11-16)26-12-19(23)21-13(2)18-10-14-7-8-15(18)9-14/h4-6,11,13-15,18H,3,7-10,12H2,1-2H3,(H,21,23)(H,22,24)/t13-,14+,15+,18-/m1/s1. The molecule has 6 nitrogen and oxygen atoms in total. The van der Waals surface area contributed by atoms with Gasteiger partial charge < -0.3 is 14.8 Å². The summed E-state index contributed by atoms with van der Waals surface area (Å²) < 4.78 is 10.4.